The van der Waals surface area contributed by atoms with E-state index in [0.717, 1.165) is 0 Å². The second-order valence-corrected chi connectivity index (χ2v) is 11.5. The third kappa shape index (κ3) is 7.56. The lowest BCUT2D eigenvalue weighted by molar-refractivity contribution is -0.141. The molecule has 1 aliphatic heterocycles. The summed E-state index contributed by atoms with van der Waals surface area (Å²) in [5, 5.41) is 14.4. The lowest BCUT2D eigenvalue weighted by Crippen LogP contribution is -2.41. The highest BCUT2D eigenvalue weighted by atomic mass is 19.1. The van der Waals surface area contributed by atoms with Crippen LogP contribution in [0.5, 0.6) is 0 Å². The van der Waals surface area contributed by atoms with Crippen LogP contribution in [0.25, 0.3) is 32.9 Å². The molecule has 5 rings (SSSR count). The largest absolute Gasteiger partial charge is 0.468 e. The van der Waals surface area contributed by atoms with Crippen LogP contribution in [-0.4, -0.2) is 93.1 Å². The SMILES string of the molecule is CCC(=O)CCC(=O)N1CCC(C(=O)n2ncc3cc(F)c(-c4cccc5c4cnn5CC(=O)NCC(=O)NCC(=O)OC)cc32)CC1. The number of fused-ring (bicyclic) bond motifs is 2. The fraction of sp³-hybridized carbons (Fsp3) is 0.394. The average Bonchev–Trinajstić information content (AvgIpc) is 3.71. The molecule has 3 heterocycles. The Morgan fingerprint density at radius 3 is 2.40 bits per heavy atom. The Kier molecular flexibility index (Phi) is 10.6. The summed E-state index contributed by atoms with van der Waals surface area (Å²) in [5.41, 5.74) is 1.69. The minimum absolute atomic E-state index is 0.0424. The van der Waals surface area contributed by atoms with Crippen LogP contribution in [0, 0.1) is 11.7 Å². The van der Waals surface area contributed by atoms with E-state index in [4.69, 9.17) is 0 Å². The van der Waals surface area contributed by atoms with Crippen LogP contribution in [0.2, 0.25) is 0 Å². The van der Waals surface area contributed by atoms with Crippen molar-refractivity contribution in [2.45, 2.75) is 45.6 Å². The zero-order chi connectivity index (χ0) is 34.4. The van der Waals surface area contributed by atoms with Crippen molar-refractivity contribution in [3.05, 3.63) is 48.5 Å². The van der Waals surface area contributed by atoms with Gasteiger partial charge in [-0.25, -0.2) is 4.39 Å². The van der Waals surface area contributed by atoms with Gasteiger partial charge in [-0.1, -0.05) is 19.1 Å². The molecular formula is C33H36FN7O7. The number of methoxy groups -OCH3 is 1. The van der Waals surface area contributed by atoms with E-state index in [1.165, 1.54) is 34.9 Å². The Bertz CT molecular complexity index is 1890. The van der Waals surface area contributed by atoms with Crippen molar-refractivity contribution in [3.63, 3.8) is 0 Å². The van der Waals surface area contributed by atoms with Gasteiger partial charge in [0, 0.05) is 54.6 Å². The molecular weight excluding hydrogens is 625 g/mol. The number of likely N-dealkylation sites (tertiary alicyclic amines) is 1. The number of ether oxygens (including phenoxy) is 1. The number of amides is 3. The molecule has 252 valence electrons. The number of carbonyl (C=O) groups is 6. The number of carbonyl (C=O) groups excluding carboxylic acids is 6. The Hall–Kier alpha value is -5.47. The molecule has 0 saturated carbocycles. The summed E-state index contributed by atoms with van der Waals surface area (Å²) in [7, 11) is 1.19. The topological polar surface area (TPSA) is 175 Å². The van der Waals surface area contributed by atoms with Gasteiger partial charge in [0.1, 0.15) is 24.7 Å². The minimum atomic E-state index is -0.621. The maximum Gasteiger partial charge on any atom is 0.325 e. The Labute approximate surface area is 274 Å². The number of rotatable bonds is 12. The highest BCUT2D eigenvalue weighted by Gasteiger charge is 2.30. The summed E-state index contributed by atoms with van der Waals surface area (Å²) in [5.74, 6) is -2.90. The first-order chi connectivity index (χ1) is 23.1. The molecule has 0 aliphatic carbocycles. The first kappa shape index (κ1) is 33.9. The third-order valence-corrected chi connectivity index (χ3v) is 8.45. The smallest absolute Gasteiger partial charge is 0.325 e. The van der Waals surface area contributed by atoms with Gasteiger partial charge in [-0.15, -0.1) is 0 Å². The van der Waals surface area contributed by atoms with E-state index < -0.39 is 23.6 Å². The monoisotopic (exact) mass is 661 g/mol. The summed E-state index contributed by atoms with van der Waals surface area (Å²) in [4.78, 5) is 75.0. The van der Waals surface area contributed by atoms with Crippen LogP contribution in [0.3, 0.4) is 0 Å². The molecule has 1 fully saturated rings. The number of nitrogens with one attached hydrogen (secondary N) is 2. The van der Waals surface area contributed by atoms with Crippen LogP contribution in [-0.2, 0) is 35.3 Å². The molecule has 2 N–H and O–H groups in total. The zero-order valence-electron chi connectivity index (χ0n) is 26.7. The normalized spacial score (nSPS) is 13.4. The molecule has 0 bridgehead atoms. The average molecular weight is 662 g/mol. The van der Waals surface area contributed by atoms with Crippen molar-refractivity contribution in [2.24, 2.45) is 5.92 Å². The molecule has 14 nitrogen and oxygen atoms in total. The summed E-state index contributed by atoms with van der Waals surface area (Å²) < 4.78 is 22.7. The van der Waals surface area contributed by atoms with Crippen molar-refractivity contribution in [3.8, 4) is 11.1 Å². The summed E-state index contributed by atoms with van der Waals surface area (Å²) in [6.45, 7) is 1.68. The van der Waals surface area contributed by atoms with Gasteiger partial charge in [-0.3, -0.25) is 33.4 Å². The fourth-order valence-electron chi connectivity index (χ4n) is 5.70. The zero-order valence-corrected chi connectivity index (χ0v) is 26.7. The quantitative estimate of drug-likeness (QED) is 0.216. The maximum atomic E-state index is 15.5. The standard InChI is InChI=1S/C33H36FN7O7/c1-3-22(42)7-8-31(45)39-11-9-20(10-12-39)33(47)41-28-14-24(26(34)13-21(28)15-38-41)23-5-4-6-27-25(23)16-37-40(27)19-30(44)35-17-29(43)36-18-32(46)48-2/h4-6,13-16,20H,3,7-12,17-19H2,1-2H3,(H,35,44)(H,36,43). The highest BCUT2D eigenvalue weighted by molar-refractivity contribution is 5.99. The predicted octanol–water partition coefficient (Wildman–Crippen LogP) is 2.24. The fourth-order valence-corrected chi connectivity index (χ4v) is 5.70. The van der Waals surface area contributed by atoms with E-state index in [9.17, 15) is 28.8 Å². The third-order valence-electron chi connectivity index (χ3n) is 8.45. The van der Waals surface area contributed by atoms with E-state index in [1.54, 1.807) is 36.1 Å². The molecule has 0 spiro atoms. The Morgan fingerprint density at radius 2 is 1.67 bits per heavy atom. The first-order valence-electron chi connectivity index (χ1n) is 15.7. The van der Waals surface area contributed by atoms with Crippen LogP contribution < -0.4 is 10.6 Å². The number of esters is 1. The van der Waals surface area contributed by atoms with Gasteiger partial charge < -0.3 is 20.3 Å². The second-order valence-electron chi connectivity index (χ2n) is 11.5. The minimum Gasteiger partial charge on any atom is -0.468 e. The number of ketones is 1. The number of nitrogens with zero attached hydrogens (tertiary/aromatic N) is 5. The van der Waals surface area contributed by atoms with Crippen LogP contribution in [0.4, 0.5) is 4.39 Å². The van der Waals surface area contributed by atoms with Gasteiger partial charge in [0.25, 0.3) is 5.91 Å². The molecule has 0 unspecified atom stereocenters. The lowest BCUT2D eigenvalue weighted by atomic mass is 9.95. The summed E-state index contributed by atoms with van der Waals surface area (Å²) >= 11 is 0. The van der Waals surface area contributed by atoms with E-state index in [-0.39, 0.29) is 61.6 Å². The first-order valence-corrected chi connectivity index (χ1v) is 15.7. The number of benzene rings is 2. The van der Waals surface area contributed by atoms with E-state index in [2.05, 4.69) is 25.6 Å². The molecule has 0 radical (unpaired) electrons. The van der Waals surface area contributed by atoms with Crippen molar-refractivity contribution in [2.75, 3.05) is 33.3 Å². The van der Waals surface area contributed by atoms with Crippen molar-refractivity contribution in [1.82, 2.24) is 35.1 Å². The van der Waals surface area contributed by atoms with Gasteiger partial charge in [0.05, 0.1) is 37.1 Å². The number of Topliss-reactive ketones (excluding diaryl/α,β-unsaturated/α-hetero) is 1. The molecule has 1 saturated heterocycles. The Morgan fingerprint density at radius 1 is 0.917 bits per heavy atom. The van der Waals surface area contributed by atoms with Crippen molar-refractivity contribution >= 4 is 57.2 Å². The second kappa shape index (κ2) is 15.0. The van der Waals surface area contributed by atoms with E-state index in [1.807, 2.05) is 0 Å². The van der Waals surface area contributed by atoms with E-state index in [0.29, 0.717) is 59.7 Å². The highest BCUT2D eigenvalue weighted by Crippen LogP contribution is 2.33. The number of halogens is 1. The molecule has 3 amide bonds. The molecule has 48 heavy (non-hydrogen) atoms. The van der Waals surface area contributed by atoms with Crippen LogP contribution >= 0.6 is 0 Å². The number of aromatic nitrogens is 4. The number of piperidine rings is 1. The van der Waals surface area contributed by atoms with Crippen molar-refractivity contribution in [1.29, 1.82) is 0 Å². The van der Waals surface area contributed by atoms with Crippen LogP contribution in [0.15, 0.2) is 42.7 Å². The summed E-state index contributed by atoms with van der Waals surface area (Å²) in [6.07, 6.45) is 4.64. The van der Waals surface area contributed by atoms with Crippen molar-refractivity contribution < 1.29 is 37.9 Å². The lowest BCUT2D eigenvalue weighted by Gasteiger charge is -2.31. The van der Waals surface area contributed by atoms with Gasteiger partial charge in [0.15, 0.2) is 0 Å². The number of hydrogen-bond acceptors (Lipinski definition) is 9. The molecule has 2 aromatic carbocycles. The molecule has 2 aromatic heterocycles. The summed E-state index contributed by atoms with van der Waals surface area (Å²) in [6, 6.07) is 8.04. The maximum absolute atomic E-state index is 15.5. The number of hydrogen-bond donors (Lipinski definition) is 2. The van der Waals surface area contributed by atoms with Crippen LogP contribution in [0.1, 0.15) is 43.8 Å². The molecule has 1 aliphatic rings. The van der Waals surface area contributed by atoms with Gasteiger partial charge in [-0.2, -0.15) is 14.9 Å². The molecule has 15 heteroatoms. The van der Waals surface area contributed by atoms with Gasteiger partial charge in [-0.05, 0) is 36.6 Å². The predicted molar refractivity (Wildman–Crippen MR) is 171 cm³/mol. The Balaban J connectivity index is 1.29. The van der Waals surface area contributed by atoms with Gasteiger partial charge in [0.2, 0.25) is 17.7 Å². The molecule has 4 aromatic rings. The van der Waals surface area contributed by atoms with Gasteiger partial charge >= 0.3 is 5.97 Å². The van der Waals surface area contributed by atoms with E-state index >= 15 is 4.39 Å². The molecule has 0 atom stereocenters.